The number of anilines is 2. The van der Waals surface area contributed by atoms with Crippen LogP contribution in [0.15, 0.2) is 52.9 Å². The summed E-state index contributed by atoms with van der Waals surface area (Å²) < 4.78 is 29.7. The van der Waals surface area contributed by atoms with Crippen molar-refractivity contribution in [3.8, 4) is 0 Å². The summed E-state index contributed by atoms with van der Waals surface area (Å²) in [6.07, 6.45) is 3.85. The van der Waals surface area contributed by atoms with E-state index < -0.39 is 9.84 Å². The summed E-state index contributed by atoms with van der Waals surface area (Å²) in [6, 6.07) is 16.0. The van der Waals surface area contributed by atoms with Gasteiger partial charge in [0.25, 0.3) is 0 Å². The zero-order valence-electron chi connectivity index (χ0n) is 23.2. The Kier molecular flexibility index (Phi) is 8.03. The Labute approximate surface area is 232 Å². The highest BCUT2D eigenvalue weighted by Gasteiger charge is 2.26. The van der Waals surface area contributed by atoms with E-state index in [1.807, 2.05) is 44.2 Å². The number of carbonyl (C=O) groups excluding carboxylic acids is 1. The van der Waals surface area contributed by atoms with Crippen molar-refractivity contribution in [2.75, 3.05) is 47.5 Å². The van der Waals surface area contributed by atoms with E-state index in [0.29, 0.717) is 13.1 Å². The molecule has 2 aliphatic rings. The van der Waals surface area contributed by atoms with E-state index in [1.54, 1.807) is 0 Å². The number of carbonyl (C=O) groups is 1. The van der Waals surface area contributed by atoms with Gasteiger partial charge >= 0.3 is 0 Å². The first-order chi connectivity index (χ1) is 18.7. The summed E-state index contributed by atoms with van der Waals surface area (Å²) in [6.45, 7) is 9.09. The number of hydrogen-bond donors (Lipinski definition) is 1. The number of amides is 1. The van der Waals surface area contributed by atoms with E-state index in [4.69, 9.17) is 4.42 Å². The molecule has 0 bridgehead atoms. The molecule has 39 heavy (non-hydrogen) atoms. The molecule has 3 aromatic rings. The largest absolute Gasteiger partial charge is 0.464 e. The van der Waals surface area contributed by atoms with Crippen molar-refractivity contribution in [2.45, 2.75) is 52.5 Å². The fraction of sp³-hybridized carbons (Fsp3) is 0.452. The van der Waals surface area contributed by atoms with Crippen LogP contribution in [0.2, 0.25) is 0 Å². The van der Waals surface area contributed by atoms with Gasteiger partial charge in [0.05, 0.1) is 17.9 Å². The maximum atomic E-state index is 13.5. The Bertz CT molecular complexity index is 1430. The van der Waals surface area contributed by atoms with Crippen LogP contribution < -0.4 is 15.1 Å². The van der Waals surface area contributed by atoms with Crippen LogP contribution in [0.3, 0.4) is 0 Å². The van der Waals surface area contributed by atoms with Crippen LogP contribution in [0.5, 0.6) is 0 Å². The van der Waals surface area contributed by atoms with Gasteiger partial charge in [-0.2, -0.15) is 0 Å². The fourth-order valence-electron chi connectivity index (χ4n) is 5.75. The number of nitrogens with zero attached hydrogens (tertiary/aromatic N) is 2. The first-order valence-corrected chi connectivity index (χ1v) is 15.8. The fourth-order valence-corrected chi connectivity index (χ4v) is 6.95. The van der Waals surface area contributed by atoms with E-state index in [-0.39, 0.29) is 29.9 Å². The quantitative estimate of drug-likeness (QED) is 0.453. The number of hydrogen-bond acceptors (Lipinski definition) is 6. The zero-order valence-corrected chi connectivity index (χ0v) is 24.0. The summed E-state index contributed by atoms with van der Waals surface area (Å²) in [5, 5.41) is 3.28. The molecule has 0 saturated carbocycles. The minimum absolute atomic E-state index is 0.0737. The molecule has 2 saturated heterocycles. The van der Waals surface area contributed by atoms with Gasteiger partial charge < -0.3 is 19.5 Å². The van der Waals surface area contributed by atoms with Crippen LogP contribution >= 0.6 is 0 Å². The molecule has 7 nitrogen and oxygen atoms in total. The maximum absolute atomic E-state index is 13.5. The Morgan fingerprint density at radius 1 is 0.872 bits per heavy atom. The highest BCUT2D eigenvalue weighted by molar-refractivity contribution is 7.91. The van der Waals surface area contributed by atoms with Crippen LogP contribution in [0.4, 0.5) is 11.4 Å². The molecule has 0 aliphatic carbocycles. The van der Waals surface area contributed by atoms with Gasteiger partial charge in [-0.25, -0.2) is 8.42 Å². The first-order valence-electron chi connectivity index (χ1n) is 13.9. The lowest BCUT2D eigenvalue weighted by Gasteiger charge is -2.33. The molecular weight excluding hydrogens is 510 g/mol. The molecule has 2 aromatic carbocycles. The molecule has 1 unspecified atom stereocenters. The molecule has 0 radical (unpaired) electrons. The normalized spacial score (nSPS) is 18.1. The standard InChI is InChI=1S/C31H39N3O4S/c1-22-7-10-26(28(19-22)33-13-5-4-6-14-33)31(29-12-8-24(3)38-29)32-30(35)21-25-9-11-27(23(2)20-25)34-15-17-39(36,37)18-16-34/h7-12,19-20,31H,4-6,13-18,21H2,1-3H3,(H,32,35). The summed E-state index contributed by atoms with van der Waals surface area (Å²) in [5.41, 5.74) is 6.41. The van der Waals surface area contributed by atoms with Crippen molar-refractivity contribution in [3.05, 3.63) is 82.3 Å². The average Bonchev–Trinajstić information content (AvgIpc) is 3.34. The van der Waals surface area contributed by atoms with Crippen LogP contribution in [-0.2, 0) is 21.1 Å². The minimum Gasteiger partial charge on any atom is -0.464 e. The van der Waals surface area contributed by atoms with Gasteiger partial charge in [0.2, 0.25) is 5.91 Å². The van der Waals surface area contributed by atoms with Crippen LogP contribution in [0, 0.1) is 20.8 Å². The third kappa shape index (κ3) is 6.49. The number of sulfone groups is 1. The van der Waals surface area contributed by atoms with Crippen molar-refractivity contribution < 1.29 is 17.6 Å². The molecule has 1 atom stereocenters. The van der Waals surface area contributed by atoms with Gasteiger partial charge in [0, 0.05) is 43.1 Å². The molecule has 8 heteroatoms. The van der Waals surface area contributed by atoms with Crippen molar-refractivity contribution >= 4 is 27.1 Å². The Morgan fingerprint density at radius 2 is 1.59 bits per heavy atom. The van der Waals surface area contributed by atoms with E-state index in [2.05, 4.69) is 40.2 Å². The average molecular weight is 550 g/mol. The Hall–Kier alpha value is -3.26. The lowest BCUT2D eigenvalue weighted by molar-refractivity contribution is -0.121. The van der Waals surface area contributed by atoms with Crippen LogP contribution in [0.1, 0.15) is 59.1 Å². The first kappa shape index (κ1) is 27.3. The van der Waals surface area contributed by atoms with E-state index in [1.165, 1.54) is 24.8 Å². The molecule has 1 N–H and O–H groups in total. The van der Waals surface area contributed by atoms with Crippen LogP contribution in [-0.4, -0.2) is 52.0 Å². The second kappa shape index (κ2) is 11.5. The number of nitrogens with one attached hydrogen (secondary N) is 1. The molecule has 2 fully saturated rings. The van der Waals surface area contributed by atoms with Crippen LogP contribution in [0.25, 0.3) is 0 Å². The van der Waals surface area contributed by atoms with E-state index in [0.717, 1.165) is 52.7 Å². The summed E-state index contributed by atoms with van der Waals surface area (Å²) >= 11 is 0. The van der Waals surface area contributed by atoms with Gasteiger partial charge in [-0.1, -0.05) is 24.3 Å². The van der Waals surface area contributed by atoms with E-state index in [9.17, 15) is 13.2 Å². The predicted molar refractivity (Wildman–Crippen MR) is 156 cm³/mol. The molecule has 1 amide bonds. The predicted octanol–water partition coefficient (Wildman–Crippen LogP) is 4.88. The molecular formula is C31H39N3O4S. The van der Waals surface area contributed by atoms with Gasteiger partial charge in [0.1, 0.15) is 17.6 Å². The number of furan rings is 1. The van der Waals surface area contributed by atoms with Gasteiger partial charge in [-0.05, 0) is 81.0 Å². The number of rotatable bonds is 7. The van der Waals surface area contributed by atoms with Crippen molar-refractivity contribution in [2.24, 2.45) is 0 Å². The minimum atomic E-state index is -2.93. The highest BCUT2D eigenvalue weighted by Crippen LogP contribution is 2.34. The van der Waals surface area contributed by atoms with Gasteiger partial charge in [0.15, 0.2) is 9.84 Å². The zero-order chi connectivity index (χ0) is 27.6. The molecule has 2 aliphatic heterocycles. The lowest BCUT2D eigenvalue weighted by Crippen LogP contribution is -2.40. The molecule has 5 rings (SSSR count). The number of benzene rings is 2. The topological polar surface area (TPSA) is 82.9 Å². The maximum Gasteiger partial charge on any atom is 0.225 e. The Balaban J connectivity index is 1.36. The third-order valence-corrected chi connectivity index (χ3v) is 9.46. The van der Waals surface area contributed by atoms with Crippen molar-refractivity contribution in [1.29, 1.82) is 0 Å². The van der Waals surface area contributed by atoms with Gasteiger partial charge in [-0.3, -0.25) is 4.79 Å². The highest BCUT2D eigenvalue weighted by atomic mass is 32.2. The summed E-state index contributed by atoms with van der Waals surface area (Å²) in [7, 11) is -2.93. The molecule has 208 valence electrons. The van der Waals surface area contributed by atoms with Gasteiger partial charge in [-0.15, -0.1) is 0 Å². The third-order valence-electron chi connectivity index (χ3n) is 7.86. The van der Waals surface area contributed by atoms with Crippen molar-refractivity contribution in [1.82, 2.24) is 5.32 Å². The summed E-state index contributed by atoms with van der Waals surface area (Å²) in [4.78, 5) is 18.0. The second-order valence-corrected chi connectivity index (χ2v) is 13.3. The monoisotopic (exact) mass is 549 g/mol. The summed E-state index contributed by atoms with van der Waals surface area (Å²) in [5.74, 6) is 1.84. The number of piperidine rings is 1. The molecule has 0 spiro atoms. The Morgan fingerprint density at radius 3 is 2.26 bits per heavy atom. The SMILES string of the molecule is Cc1ccc(C(NC(=O)Cc2ccc(N3CCS(=O)(=O)CC3)c(C)c2)c2ccc(C)o2)c(N2CCCCC2)c1. The van der Waals surface area contributed by atoms with E-state index >= 15 is 0 Å². The molecule has 1 aromatic heterocycles. The smallest absolute Gasteiger partial charge is 0.225 e. The second-order valence-electron chi connectivity index (χ2n) is 11.0. The number of aryl methyl sites for hydroxylation is 3. The lowest BCUT2D eigenvalue weighted by atomic mass is 9.97. The molecule has 3 heterocycles. The van der Waals surface area contributed by atoms with Crippen molar-refractivity contribution in [3.63, 3.8) is 0 Å².